The molecule has 0 aromatic heterocycles. The highest BCUT2D eigenvalue weighted by Gasteiger charge is 2.77. The van der Waals surface area contributed by atoms with Crippen molar-refractivity contribution >= 4 is 64.0 Å². The molecule has 0 bridgehead atoms. The summed E-state index contributed by atoms with van der Waals surface area (Å²) in [7, 11) is 0. The van der Waals surface area contributed by atoms with Crippen LogP contribution in [0.2, 0.25) is 0 Å². The SMILES string of the molecule is C=CCc1cccc(C2C3=CCC4C(=O)N(c5ccc(C(C)=O)cc5)C(=O)C4C3CC3(Cl)C(=O)N(c4ccc(F)cc4)C(=O)C23Cl)c1O. The van der Waals surface area contributed by atoms with Crippen LogP contribution in [0.4, 0.5) is 15.8 Å². The summed E-state index contributed by atoms with van der Waals surface area (Å²) in [6, 6.07) is 15.9. The Hall–Kier alpha value is -4.60. The molecule has 6 unspecified atom stereocenters. The third kappa shape index (κ3) is 4.30. The number of hydrogen-bond donors (Lipinski definition) is 1. The predicted octanol–water partition coefficient (Wildman–Crippen LogP) is 6.23. The molecule has 0 radical (unpaired) electrons. The number of phenolic OH excluding ortho intramolecular Hbond substituents is 1. The van der Waals surface area contributed by atoms with Crippen molar-refractivity contribution in [1.29, 1.82) is 0 Å². The number of nitrogens with zero attached hydrogens (tertiary/aromatic N) is 2. The lowest BCUT2D eigenvalue weighted by molar-refractivity contribution is -0.125. The van der Waals surface area contributed by atoms with E-state index in [4.69, 9.17) is 23.2 Å². The van der Waals surface area contributed by atoms with Crippen LogP contribution in [-0.2, 0) is 25.6 Å². The molecule has 2 aliphatic carbocycles. The molecule has 6 atom stereocenters. The van der Waals surface area contributed by atoms with Crippen LogP contribution in [0, 0.1) is 23.6 Å². The second-order valence-corrected chi connectivity index (χ2v) is 14.0. The van der Waals surface area contributed by atoms with Crippen LogP contribution in [0.5, 0.6) is 5.75 Å². The number of anilines is 2. The number of allylic oxidation sites excluding steroid dienone is 3. The number of hydrogen-bond acceptors (Lipinski definition) is 6. The van der Waals surface area contributed by atoms with Crippen LogP contribution in [0.15, 0.2) is 91.0 Å². The molecule has 2 saturated heterocycles. The summed E-state index contributed by atoms with van der Waals surface area (Å²) in [5.74, 6) is -7.29. The fourth-order valence-electron chi connectivity index (χ4n) is 8.01. The number of amides is 4. The normalized spacial score (nSPS) is 29.4. The molecule has 1 N–H and O–H groups in total. The summed E-state index contributed by atoms with van der Waals surface area (Å²) in [6.07, 6.45) is 3.56. The third-order valence-corrected chi connectivity index (χ3v) is 11.7. The molecule has 4 amide bonds. The molecule has 1 saturated carbocycles. The average molecular weight is 688 g/mol. The highest BCUT2D eigenvalue weighted by molar-refractivity contribution is 6.58. The number of para-hydroxylation sites is 1. The smallest absolute Gasteiger partial charge is 0.258 e. The number of carbonyl (C=O) groups is 5. The van der Waals surface area contributed by atoms with E-state index in [1.165, 1.54) is 31.2 Å². The van der Waals surface area contributed by atoms with Gasteiger partial charge < -0.3 is 5.11 Å². The Morgan fingerprint density at radius 1 is 0.938 bits per heavy atom. The zero-order valence-corrected chi connectivity index (χ0v) is 27.2. The molecular weight excluding hydrogens is 658 g/mol. The number of alkyl halides is 2. The van der Waals surface area contributed by atoms with E-state index in [9.17, 15) is 33.5 Å². The third-order valence-electron chi connectivity index (χ3n) is 10.3. The maximum atomic E-state index is 14.5. The average Bonchev–Trinajstić information content (AvgIpc) is 3.40. The van der Waals surface area contributed by atoms with Gasteiger partial charge in [-0.1, -0.05) is 35.9 Å². The zero-order valence-electron chi connectivity index (χ0n) is 25.7. The van der Waals surface area contributed by atoms with Gasteiger partial charge in [0, 0.05) is 17.0 Å². The molecule has 2 heterocycles. The minimum absolute atomic E-state index is 0.0614. The second kappa shape index (κ2) is 11.2. The molecule has 0 spiro atoms. The van der Waals surface area contributed by atoms with Gasteiger partial charge in [-0.25, -0.2) is 9.29 Å². The number of Topliss-reactive ketones (excluding diaryl/α,β-unsaturated/α-hetero) is 1. The monoisotopic (exact) mass is 686 g/mol. The zero-order chi connectivity index (χ0) is 34.3. The highest BCUT2D eigenvalue weighted by atomic mass is 35.5. The van der Waals surface area contributed by atoms with E-state index in [0.717, 1.165) is 21.9 Å². The van der Waals surface area contributed by atoms with Crippen LogP contribution < -0.4 is 9.80 Å². The number of phenols is 1. The summed E-state index contributed by atoms with van der Waals surface area (Å²) in [4.78, 5) is 66.5. The number of benzene rings is 3. The van der Waals surface area contributed by atoms with Crippen molar-refractivity contribution in [3.05, 3.63) is 114 Å². The van der Waals surface area contributed by atoms with E-state index in [2.05, 4.69) is 6.58 Å². The second-order valence-electron chi connectivity index (χ2n) is 12.7. The molecule has 11 heteroatoms. The van der Waals surface area contributed by atoms with E-state index in [1.807, 2.05) is 0 Å². The molecule has 244 valence electrons. The van der Waals surface area contributed by atoms with Crippen LogP contribution in [0.3, 0.4) is 0 Å². The van der Waals surface area contributed by atoms with Gasteiger partial charge in [-0.05, 0) is 86.2 Å². The van der Waals surface area contributed by atoms with Crippen LogP contribution in [0.1, 0.15) is 47.2 Å². The first-order valence-electron chi connectivity index (χ1n) is 15.5. The van der Waals surface area contributed by atoms with E-state index in [-0.39, 0.29) is 35.6 Å². The molecule has 7 rings (SSSR count). The van der Waals surface area contributed by atoms with Gasteiger partial charge in [0.1, 0.15) is 11.6 Å². The largest absolute Gasteiger partial charge is 0.507 e. The number of rotatable bonds is 6. The summed E-state index contributed by atoms with van der Waals surface area (Å²) in [6.45, 7) is 5.17. The van der Waals surface area contributed by atoms with Gasteiger partial charge >= 0.3 is 0 Å². The maximum absolute atomic E-state index is 14.5. The van der Waals surface area contributed by atoms with Crippen molar-refractivity contribution in [3.63, 3.8) is 0 Å². The number of imide groups is 2. The van der Waals surface area contributed by atoms with E-state index < -0.39 is 62.9 Å². The Balaban J connectivity index is 1.39. The summed E-state index contributed by atoms with van der Waals surface area (Å²) < 4.78 is 13.9. The topological polar surface area (TPSA) is 112 Å². The van der Waals surface area contributed by atoms with Gasteiger partial charge in [0.15, 0.2) is 15.5 Å². The quantitative estimate of drug-likeness (QED) is 0.142. The van der Waals surface area contributed by atoms with Crippen molar-refractivity contribution < 1.29 is 33.5 Å². The fraction of sp³-hybridized carbons (Fsp3) is 0.270. The number of ketones is 1. The minimum Gasteiger partial charge on any atom is -0.507 e. The van der Waals surface area contributed by atoms with E-state index in [0.29, 0.717) is 28.8 Å². The van der Waals surface area contributed by atoms with Crippen molar-refractivity contribution in [1.82, 2.24) is 0 Å². The van der Waals surface area contributed by atoms with E-state index in [1.54, 1.807) is 42.5 Å². The summed E-state index contributed by atoms with van der Waals surface area (Å²) in [5, 5.41) is 11.6. The van der Waals surface area contributed by atoms with Crippen molar-refractivity contribution in [2.45, 2.75) is 41.9 Å². The Morgan fingerprint density at radius 2 is 1.58 bits per heavy atom. The van der Waals surface area contributed by atoms with Crippen LogP contribution in [-0.4, -0.2) is 44.3 Å². The molecule has 3 aromatic rings. The number of fused-ring (bicyclic) bond motifs is 4. The van der Waals surface area contributed by atoms with Gasteiger partial charge in [-0.15, -0.1) is 29.8 Å². The molecule has 3 aromatic carbocycles. The number of carbonyl (C=O) groups excluding carboxylic acids is 5. The minimum atomic E-state index is -2.17. The Kier molecular flexibility index (Phi) is 7.49. The van der Waals surface area contributed by atoms with Gasteiger partial charge in [-0.3, -0.25) is 28.9 Å². The molecule has 48 heavy (non-hydrogen) atoms. The van der Waals surface area contributed by atoms with Gasteiger partial charge in [-0.2, -0.15) is 0 Å². The van der Waals surface area contributed by atoms with Gasteiger partial charge in [0.25, 0.3) is 11.8 Å². The maximum Gasteiger partial charge on any atom is 0.258 e. The Morgan fingerprint density at radius 3 is 2.23 bits per heavy atom. The molecule has 3 fully saturated rings. The fourth-order valence-corrected chi connectivity index (χ4v) is 8.94. The van der Waals surface area contributed by atoms with Crippen molar-refractivity contribution in [2.75, 3.05) is 9.80 Å². The lowest BCUT2D eigenvalue weighted by atomic mass is 9.56. The molecule has 2 aliphatic heterocycles. The first-order chi connectivity index (χ1) is 22.8. The summed E-state index contributed by atoms with van der Waals surface area (Å²) in [5.41, 5.74) is 2.04. The van der Waals surface area contributed by atoms with Crippen molar-refractivity contribution in [2.24, 2.45) is 17.8 Å². The Labute approximate surface area is 285 Å². The molecule has 8 nitrogen and oxygen atoms in total. The van der Waals surface area contributed by atoms with Crippen LogP contribution in [0.25, 0.3) is 0 Å². The number of aromatic hydroxyl groups is 1. The highest BCUT2D eigenvalue weighted by Crippen LogP contribution is 2.66. The lowest BCUT2D eigenvalue weighted by Gasteiger charge is -2.50. The molecular formula is C37H29Cl2FN2O6. The number of halogens is 3. The van der Waals surface area contributed by atoms with Crippen molar-refractivity contribution in [3.8, 4) is 5.75 Å². The molecule has 4 aliphatic rings. The predicted molar refractivity (Wildman–Crippen MR) is 178 cm³/mol. The first kappa shape index (κ1) is 32.0. The summed E-state index contributed by atoms with van der Waals surface area (Å²) >= 11 is 14.8. The van der Waals surface area contributed by atoms with Gasteiger partial charge in [0.05, 0.1) is 23.2 Å². The first-order valence-corrected chi connectivity index (χ1v) is 16.2. The Bertz CT molecular complexity index is 1980. The van der Waals surface area contributed by atoms with Crippen LogP contribution >= 0.6 is 23.2 Å². The van der Waals surface area contributed by atoms with Gasteiger partial charge in [0.2, 0.25) is 11.8 Å². The standard InChI is InChI=1S/C37H29Cl2FN2O6/c1-3-5-21-6-4-7-27(31(21)44)30-25-16-17-26-29(33(46)41(32(26)45)23-12-8-20(9-13-23)19(2)43)28(25)18-36(38)34(47)42(35(48)37(30,36)39)24-14-10-22(40)11-15-24/h3-4,6-16,26,28-30,44H,1,5,17-18H2,2H3. The van der Waals surface area contributed by atoms with E-state index >= 15 is 0 Å². The lowest BCUT2D eigenvalue weighted by Crippen LogP contribution is -2.60.